The molecule has 1 nitrogen and oxygen atoms in total. The average molecular weight is 300 g/mol. The lowest BCUT2D eigenvalue weighted by molar-refractivity contribution is -0.0999. The second kappa shape index (κ2) is 5.51. The topological polar surface area (TPSA) is 20.2 Å². The zero-order valence-electron chi connectivity index (χ0n) is 14.0. The zero-order valence-corrected chi connectivity index (χ0v) is 14.0. The van der Waals surface area contributed by atoms with E-state index in [0.29, 0.717) is 12.0 Å². The quantitative estimate of drug-likeness (QED) is 0.718. The van der Waals surface area contributed by atoms with Crippen LogP contribution in [0.5, 0.6) is 0 Å². The maximum Gasteiger partial charge on any atom is 0.0524 e. The minimum atomic E-state index is 0.147. The number of aliphatic hydroxyl groups is 1. The van der Waals surface area contributed by atoms with Gasteiger partial charge < -0.3 is 5.11 Å². The van der Waals surface area contributed by atoms with Gasteiger partial charge in [-0.1, -0.05) is 31.1 Å². The minimum absolute atomic E-state index is 0.147. The Morgan fingerprint density at radius 1 is 1.05 bits per heavy atom. The predicted octanol–water partition coefficient (Wildman–Crippen LogP) is 5.11. The molecule has 1 N–H and O–H groups in total. The molecular formula is C21H32O. The summed E-state index contributed by atoms with van der Waals surface area (Å²) in [5.41, 5.74) is 0.737. The van der Waals surface area contributed by atoms with E-state index in [-0.39, 0.29) is 5.41 Å². The third kappa shape index (κ3) is 2.00. The summed E-state index contributed by atoms with van der Waals surface area (Å²) >= 11 is 0. The first-order valence-corrected chi connectivity index (χ1v) is 9.64. The fraction of sp³-hybridized carbons (Fsp3) is 0.810. The van der Waals surface area contributed by atoms with Crippen LogP contribution < -0.4 is 0 Å². The summed E-state index contributed by atoms with van der Waals surface area (Å²) < 4.78 is 0. The van der Waals surface area contributed by atoms with Crippen molar-refractivity contribution in [2.75, 3.05) is 6.61 Å². The molecular weight excluding hydrogens is 268 g/mol. The lowest BCUT2D eigenvalue weighted by Gasteiger charge is -2.59. The van der Waals surface area contributed by atoms with Gasteiger partial charge in [-0.15, -0.1) is 6.58 Å². The highest BCUT2D eigenvalue weighted by atomic mass is 16.3. The number of rotatable bonds is 3. The molecule has 4 aliphatic carbocycles. The number of hydrogen-bond acceptors (Lipinski definition) is 1. The molecule has 0 aromatic heterocycles. The maximum atomic E-state index is 10.0. The van der Waals surface area contributed by atoms with Crippen molar-refractivity contribution in [1.82, 2.24) is 0 Å². The highest BCUT2D eigenvalue weighted by molar-refractivity contribution is 5.17. The maximum absolute atomic E-state index is 10.0. The van der Waals surface area contributed by atoms with Gasteiger partial charge in [-0.3, -0.25) is 0 Å². The van der Waals surface area contributed by atoms with Gasteiger partial charge in [-0.05, 0) is 80.5 Å². The normalized spacial score (nSPS) is 50.0. The standard InChI is InChI=1S/C21H32O/c1-2-10-20-11-4-3-6-18(20)16-9-14-21(15-22)12-5-7-19(21)17(16)8-13-20/h2,5,12,16-19,22H,1,3-4,6-11,13-15H2/t16-,17+,18+,19-,20?,21-/m0/s1. The Labute approximate surface area is 135 Å². The predicted molar refractivity (Wildman–Crippen MR) is 91.4 cm³/mol. The Hall–Kier alpha value is -0.560. The van der Waals surface area contributed by atoms with Gasteiger partial charge in [0.2, 0.25) is 0 Å². The lowest BCUT2D eigenvalue weighted by atomic mass is 9.45. The average Bonchev–Trinajstić information content (AvgIpc) is 2.99. The lowest BCUT2D eigenvalue weighted by Crippen LogP contribution is -2.52. The van der Waals surface area contributed by atoms with E-state index in [0.717, 1.165) is 23.7 Å². The molecule has 4 aliphatic rings. The molecule has 0 spiro atoms. The van der Waals surface area contributed by atoms with Crippen molar-refractivity contribution >= 4 is 0 Å². The van der Waals surface area contributed by atoms with E-state index in [2.05, 4.69) is 24.8 Å². The van der Waals surface area contributed by atoms with Crippen LogP contribution in [-0.2, 0) is 0 Å². The SMILES string of the molecule is C=CCC12CCCC[C@@H]1[C@H]1CC[C@]3(CO)C=CC[C@H]3[C@@H]1CC2. The largest absolute Gasteiger partial charge is 0.395 e. The van der Waals surface area contributed by atoms with Crippen molar-refractivity contribution in [2.45, 2.75) is 64.2 Å². The molecule has 1 unspecified atom stereocenters. The molecule has 0 aromatic carbocycles. The van der Waals surface area contributed by atoms with Crippen LogP contribution in [0.2, 0.25) is 0 Å². The Morgan fingerprint density at radius 2 is 1.86 bits per heavy atom. The summed E-state index contributed by atoms with van der Waals surface area (Å²) in [5, 5.41) is 10.0. The molecule has 6 atom stereocenters. The van der Waals surface area contributed by atoms with Gasteiger partial charge in [0, 0.05) is 5.41 Å². The summed E-state index contributed by atoms with van der Waals surface area (Å²) in [4.78, 5) is 0. The zero-order chi connectivity index (χ0) is 15.2. The molecule has 122 valence electrons. The van der Waals surface area contributed by atoms with Crippen molar-refractivity contribution in [3.8, 4) is 0 Å². The van der Waals surface area contributed by atoms with Crippen LogP contribution >= 0.6 is 0 Å². The van der Waals surface area contributed by atoms with Gasteiger partial charge in [0.1, 0.15) is 0 Å². The molecule has 0 saturated heterocycles. The van der Waals surface area contributed by atoms with Crippen molar-refractivity contribution in [3.63, 3.8) is 0 Å². The molecule has 1 heteroatoms. The highest BCUT2D eigenvalue weighted by Crippen LogP contribution is 2.64. The van der Waals surface area contributed by atoms with Gasteiger partial charge >= 0.3 is 0 Å². The molecule has 3 saturated carbocycles. The van der Waals surface area contributed by atoms with E-state index < -0.39 is 0 Å². The van der Waals surface area contributed by atoms with Gasteiger partial charge in [0.05, 0.1) is 6.61 Å². The first-order valence-electron chi connectivity index (χ1n) is 9.64. The third-order valence-corrected chi connectivity index (χ3v) is 8.15. The smallest absolute Gasteiger partial charge is 0.0524 e. The van der Waals surface area contributed by atoms with E-state index in [1.54, 1.807) is 0 Å². The number of allylic oxidation sites excluding steroid dienone is 2. The summed E-state index contributed by atoms with van der Waals surface area (Å²) in [6, 6.07) is 0. The second-order valence-electron chi connectivity index (χ2n) is 8.75. The van der Waals surface area contributed by atoms with Crippen LogP contribution in [0.15, 0.2) is 24.8 Å². The molecule has 0 amide bonds. The number of hydrogen-bond donors (Lipinski definition) is 1. The first kappa shape index (κ1) is 15.0. The number of fused-ring (bicyclic) bond motifs is 5. The van der Waals surface area contributed by atoms with Crippen molar-refractivity contribution in [2.24, 2.45) is 34.5 Å². The van der Waals surface area contributed by atoms with Gasteiger partial charge in [-0.2, -0.15) is 0 Å². The second-order valence-corrected chi connectivity index (χ2v) is 8.75. The van der Waals surface area contributed by atoms with Crippen molar-refractivity contribution in [3.05, 3.63) is 24.8 Å². The van der Waals surface area contributed by atoms with E-state index in [1.807, 2.05) is 0 Å². The molecule has 0 bridgehead atoms. The molecule has 0 heterocycles. The van der Waals surface area contributed by atoms with Gasteiger partial charge in [0.25, 0.3) is 0 Å². The van der Waals surface area contributed by atoms with Crippen LogP contribution in [0, 0.1) is 34.5 Å². The molecule has 0 aliphatic heterocycles. The highest BCUT2D eigenvalue weighted by Gasteiger charge is 2.56. The molecule has 4 rings (SSSR count). The molecule has 0 radical (unpaired) electrons. The molecule has 3 fully saturated rings. The Balaban J connectivity index is 1.62. The van der Waals surface area contributed by atoms with Crippen LogP contribution in [0.1, 0.15) is 64.2 Å². The summed E-state index contributed by atoms with van der Waals surface area (Å²) in [5.74, 6) is 3.48. The third-order valence-electron chi connectivity index (χ3n) is 8.15. The minimum Gasteiger partial charge on any atom is -0.395 e. The van der Waals surface area contributed by atoms with Crippen molar-refractivity contribution in [1.29, 1.82) is 0 Å². The van der Waals surface area contributed by atoms with E-state index in [9.17, 15) is 5.11 Å². The van der Waals surface area contributed by atoms with E-state index in [1.165, 1.54) is 64.2 Å². The summed E-state index contributed by atoms with van der Waals surface area (Å²) in [6.07, 6.45) is 20.6. The Kier molecular flexibility index (Phi) is 3.76. The fourth-order valence-electron chi connectivity index (χ4n) is 7.20. The summed E-state index contributed by atoms with van der Waals surface area (Å²) in [6.45, 7) is 4.45. The van der Waals surface area contributed by atoms with Crippen LogP contribution in [-0.4, -0.2) is 11.7 Å². The van der Waals surface area contributed by atoms with Crippen LogP contribution in [0.25, 0.3) is 0 Å². The van der Waals surface area contributed by atoms with E-state index in [4.69, 9.17) is 0 Å². The Morgan fingerprint density at radius 3 is 2.68 bits per heavy atom. The molecule has 22 heavy (non-hydrogen) atoms. The molecule has 0 aromatic rings. The van der Waals surface area contributed by atoms with E-state index >= 15 is 0 Å². The number of aliphatic hydroxyl groups excluding tert-OH is 1. The van der Waals surface area contributed by atoms with Crippen LogP contribution in [0.4, 0.5) is 0 Å². The summed E-state index contributed by atoms with van der Waals surface area (Å²) in [7, 11) is 0. The van der Waals surface area contributed by atoms with Crippen molar-refractivity contribution < 1.29 is 5.11 Å². The van der Waals surface area contributed by atoms with Gasteiger partial charge in [0.15, 0.2) is 0 Å². The van der Waals surface area contributed by atoms with Crippen LogP contribution in [0.3, 0.4) is 0 Å². The first-order chi connectivity index (χ1) is 10.7. The fourth-order valence-corrected chi connectivity index (χ4v) is 7.20. The monoisotopic (exact) mass is 300 g/mol. The Bertz CT molecular complexity index is 467. The van der Waals surface area contributed by atoms with Gasteiger partial charge in [-0.25, -0.2) is 0 Å².